The summed E-state index contributed by atoms with van der Waals surface area (Å²) in [5, 5.41) is 7.66. The van der Waals surface area contributed by atoms with E-state index in [0.717, 1.165) is 43.6 Å². The lowest BCUT2D eigenvalue weighted by Gasteiger charge is -2.24. The Morgan fingerprint density at radius 1 is 1.35 bits per heavy atom. The van der Waals surface area contributed by atoms with Crippen molar-refractivity contribution in [3.63, 3.8) is 0 Å². The number of nitrogens with zero attached hydrogens (tertiary/aromatic N) is 2. The van der Waals surface area contributed by atoms with Gasteiger partial charge < -0.3 is 20.4 Å². The molecule has 2 fully saturated rings. The molecule has 2 aliphatic rings. The van der Waals surface area contributed by atoms with Crippen molar-refractivity contribution in [2.45, 2.75) is 25.3 Å². The molecule has 122 valence electrons. The fourth-order valence-corrected chi connectivity index (χ4v) is 3.40. The number of aromatic nitrogens is 3. The largest absolute Gasteiger partial charge is 0.381 e. The van der Waals surface area contributed by atoms with Gasteiger partial charge in [-0.2, -0.15) is 0 Å². The molecule has 2 saturated heterocycles. The Morgan fingerprint density at radius 2 is 2.30 bits per heavy atom. The number of fused-ring (bicyclic) bond motifs is 1. The lowest BCUT2D eigenvalue weighted by Crippen LogP contribution is -2.38. The van der Waals surface area contributed by atoms with Crippen LogP contribution < -0.4 is 10.6 Å². The van der Waals surface area contributed by atoms with E-state index in [1.807, 2.05) is 0 Å². The number of H-pyrrole nitrogens is 1. The molecular formula is C16H21N5O2. The third kappa shape index (κ3) is 2.82. The number of ketones is 1. The van der Waals surface area contributed by atoms with Gasteiger partial charge in [0.05, 0.1) is 12.0 Å². The van der Waals surface area contributed by atoms with Gasteiger partial charge in [0.15, 0.2) is 5.78 Å². The zero-order chi connectivity index (χ0) is 15.6. The average Bonchev–Trinajstić information content (AvgIpc) is 3.26. The van der Waals surface area contributed by atoms with Crippen molar-refractivity contribution in [1.82, 2.24) is 20.3 Å². The standard InChI is InChI=1S/C16H21N5O2/c22-14(10-3-5-23-8-10)12-7-18-15-13(12)16(20-9-19-15)21-11-2-1-4-17-6-11/h7,9-11,17H,1-6,8H2,(H2,18,19,20,21)/t10?,11-/m1/s1. The summed E-state index contributed by atoms with van der Waals surface area (Å²) in [5.74, 6) is 0.805. The maximum atomic E-state index is 12.8. The molecule has 0 bridgehead atoms. The van der Waals surface area contributed by atoms with Gasteiger partial charge in [0, 0.05) is 36.9 Å². The highest BCUT2D eigenvalue weighted by Gasteiger charge is 2.28. The predicted octanol–water partition coefficient (Wildman–Crippen LogP) is 1.34. The molecule has 4 rings (SSSR count). The van der Waals surface area contributed by atoms with Crippen LogP contribution in [0.25, 0.3) is 11.0 Å². The zero-order valence-corrected chi connectivity index (χ0v) is 13.0. The van der Waals surface area contributed by atoms with Crippen LogP contribution in [0.5, 0.6) is 0 Å². The van der Waals surface area contributed by atoms with Crippen molar-refractivity contribution in [2.75, 3.05) is 31.6 Å². The van der Waals surface area contributed by atoms with Gasteiger partial charge >= 0.3 is 0 Å². The number of rotatable bonds is 4. The maximum Gasteiger partial charge on any atom is 0.170 e. The summed E-state index contributed by atoms with van der Waals surface area (Å²) in [4.78, 5) is 24.5. The lowest BCUT2D eigenvalue weighted by molar-refractivity contribution is 0.0902. The Balaban J connectivity index is 1.67. The van der Waals surface area contributed by atoms with Crippen LogP contribution in [-0.2, 0) is 4.74 Å². The van der Waals surface area contributed by atoms with E-state index in [4.69, 9.17) is 4.74 Å². The number of hydrogen-bond donors (Lipinski definition) is 3. The highest BCUT2D eigenvalue weighted by Crippen LogP contribution is 2.28. The second kappa shape index (κ2) is 6.25. The fourth-order valence-electron chi connectivity index (χ4n) is 3.40. The number of aromatic amines is 1. The second-order valence-electron chi connectivity index (χ2n) is 6.26. The number of Topliss-reactive ketones (excluding diaryl/α,β-unsaturated/α-hetero) is 1. The predicted molar refractivity (Wildman–Crippen MR) is 86.7 cm³/mol. The molecular weight excluding hydrogens is 294 g/mol. The molecule has 0 radical (unpaired) electrons. The molecule has 0 amide bonds. The molecule has 7 heteroatoms. The van der Waals surface area contributed by atoms with Gasteiger partial charge in [-0.25, -0.2) is 9.97 Å². The van der Waals surface area contributed by atoms with Crippen molar-refractivity contribution in [3.05, 3.63) is 18.1 Å². The molecule has 23 heavy (non-hydrogen) atoms. The van der Waals surface area contributed by atoms with Gasteiger partial charge in [0.25, 0.3) is 0 Å². The molecule has 4 heterocycles. The van der Waals surface area contributed by atoms with Crippen LogP contribution in [0.15, 0.2) is 12.5 Å². The number of piperidine rings is 1. The lowest BCUT2D eigenvalue weighted by atomic mass is 9.97. The van der Waals surface area contributed by atoms with Gasteiger partial charge in [-0.15, -0.1) is 0 Å². The van der Waals surface area contributed by atoms with Crippen molar-refractivity contribution in [1.29, 1.82) is 0 Å². The van der Waals surface area contributed by atoms with Gasteiger partial charge in [-0.05, 0) is 25.8 Å². The van der Waals surface area contributed by atoms with Gasteiger partial charge in [0.1, 0.15) is 17.8 Å². The molecule has 0 aliphatic carbocycles. The van der Waals surface area contributed by atoms with E-state index < -0.39 is 0 Å². The number of ether oxygens (including phenoxy) is 1. The van der Waals surface area contributed by atoms with E-state index in [1.54, 1.807) is 6.20 Å². The van der Waals surface area contributed by atoms with Crippen molar-refractivity contribution in [3.8, 4) is 0 Å². The summed E-state index contributed by atoms with van der Waals surface area (Å²) in [6, 6.07) is 0.328. The average molecular weight is 315 g/mol. The Bertz CT molecular complexity index is 702. The van der Waals surface area contributed by atoms with Gasteiger partial charge in [-0.3, -0.25) is 4.79 Å². The molecule has 0 saturated carbocycles. The van der Waals surface area contributed by atoms with Crippen LogP contribution in [0.1, 0.15) is 29.6 Å². The van der Waals surface area contributed by atoms with E-state index >= 15 is 0 Å². The molecule has 2 aromatic heterocycles. The normalized spacial score (nSPS) is 24.9. The van der Waals surface area contributed by atoms with E-state index in [-0.39, 0.29) is 11.7 Å². The summed E-state index contributed by atoms with van der Waals surface area (Å²) in [5.41, 5.74) is 1.37. The summed E-state index contributed by atoms with van der Waals surface area (Å²) in [6.07, 6.45) is 6.32. The Hall–Kier alpha value is -1.99. The first-order chi connectivity index (χ1) is 11.3. The summed E-state index contributed by atoms with van der Waals surface area (Å²) in [6.45, 7) is 3.14. The van der Waals surface area contributed by atoms with Crippen molar-refractivity contribution < 1.29 is 9.53 Å². The maximum absolute atomic E-state index is 12.8. The van der Waals surface area contributed by atoms with Crippen molar-refractivity contribution in [2.24, 2.45) is 5.92 Å². The van der Waals surface area contributed by atoms with E-state index in [0.29, 0.717) is 30.5 Å². The van der Waals surface area contributed by atoms with Crippen LogP contribution in [0.3, 0.4) is 0 Å². The number of nitrogens with one attached hydrogen (secondary N) is 3. The summed E-state index contributed by atoms with van der Waals surface area (Å²) < 4.78 is 5.35. The zero-order valence-electron chi connectivity index (χ0n) is 13.0. The number of anilines is 1. The van der Waals surface area contributed by atoms with Crippen LogP contribution in [0, 0.1) is 5.92 Å². The topological polar surface area (TPSA) is 91.9 Å². The fraction of sp³-hybridized carbons (Fsp3) is 0.562. The Morgan fingerprint density at radius 3 is 3.09 bits per heavy atom. The Kier molecular flexibility index (Phi) is 3.97. The molecule has 2 atom stereocenters. The van der Waals surface area contributed by atoms with Gasteiger partial charge in [0.2, 0.25) is 0 Å². The number of carbonyl (C=O) groups is 1. The summed E-state index contributed by atoms with van der Waals surface area (Å²) >= 11 is 0. The minimum Gasteiger partial charge on any atom is -0.381 e. The first kappa shape index (κ1) is 14.6. The summed E-state index contributed by atoms with van der Waals surface area (Å²) in [7, 11) is 0. The molecule has 1 unspecified atom stereocenters. The van der Waals surface area contributed by atoms with Crippen LogP contribution in [0.4, 0.5) is 5.82 Å². The Labute approximate surface area is 134 Å². The molecule has 0 aromatic carbocycles. The smallest absolute Gasteiger partial charge is 0.170 e. The van der Waals surface area contributed by atoms with Gasteiger partial charge in [-0.1, -0.05) is 0 Å². The molecule has 7 nitrogen and oxygen atoms in total. The highest BCUT2D eigenvalue weighted by atomic mass is 16.5. The number of carbonyl (C=O) groups excluding carboxylic acids is 1. The van der Waals surface area contributed by atoms with Crippen LogP contribution >= 0.6 is 0 Å². The molecule has 2 aromatic rings. The minimum atomic E-state index is -0.0570. The SMILES string of the molecule is O=C(c1c[nH]c2ncnc(N[C@@H]3CCCNC3)c12)C1CCOC1. The molecule has 0 spiro atoms. The van der Waals surface area contributed by atoms with E-state index in [1.165, 1.54) is 6.33 Å². The molecule has 2 aliphatic heterocycles. The van der Waals surface area contributed by atoms with Crippen LogP contribution in [0.2, 0.25) is 0 Å². The quantitative estimate of drug-likeness (QED) is 0.738. The highest BCUT2D eigenvalue weighted by molar-refractivity contribution is 6.11. The third-order valence-electron chi connectivity index (χ3n) is 4.67. The number of hydrogen-bond acceptors (Lipinski definition) is 6. The molecule has 3 N–H and O–H groups in total. The van der Waals surface area contributed by atoms with E-state index in [9.17, 15) is 4.79 Å². The third-order valence-corrected chi connectivity index (χ3v) is 4.67. The monoisotopic (exact) mass is 315 g/mol. The minimum absolute atomic E-state index is 0.0570. The van der Waals surface area contributed by atoms with E-state index in [2.05, 4.69) is 25.6 Å². The van der Waals surface area contributed by atoms with Crippen LogP contribution in [-0.4, -0.2) is 53.1 Å². The van der Waals surface area contributed by atoms with Crippen molar-refractivity contribution >= 4 is 22.6 Å². The first-order valence-electron chi connectivity index (χ1n) is 8.24. The first-order valence-corrected chi connectivity index (χ1v) is 8.24. The second-order valence-corrected chi connectivity index (χ2v) is 6.26.